The molecule has 118 valence electrons. The van der Waals surface area contributed by atoms with Crippen LogP contribution >= 0.6 is 11.3 Å². The van der Waals surface area contributed by atoms with Gasteiger partial charge in [0, 0.05) is 6.08 Å². The number of rotatable bonds is 3. The molecule has 0 saturated carbocycles. The molecule has 3 aromatic rings. The molecule has 1 aromatic carbocycles. The maximum atomic E-state index is 11.9. The van der Waals surface area contributed by atoms with Gasteiger partial charge < -0.3 is 9.52 Å². The van der Waals surface area contributed by atoms with Crippen LogP contribution in [0.15, 0.2) is 49.8 Å². The Morgan fingerprint density at radius 3 is 2.74 bits per heavy atom. The molecule has 0 atom stereocenters. The monoisotopic (exact) mass is 351 g/mol. The highest BCUT2D eigenvalue weighted by Gasteiger charge is 2.13. The molecule has 2 aromatic heterocycles. The number of aliphatic hydroxyl groups is 1. The van der Waals surface area contributed by atoms with E-state index in [0.717, 1.165) is 18.2 Å². The smallest absolute Gasteiger partial charge is 0.362 e. The molecule has 0 aliphatic heterocycles. The topological polar surface area (TPSA) is 118 Å². The number of benzene rings is 1. The zero-order valence-corrected chi connectivity index (χ0v) is 13.0. The summed E-state index contributed by atoms with van der Waals surface area (Å²) in [5, 5.41) is 11.7. The fraction of sp³-hybridized carbons (Fsp3) is 0. The summed E-state index contributed by atoms with van der Waals surface area (Å²) in [6.07, 6.45) is 1.14. The van der Waals surface area contributed by atoms with E-state index in [2.05, 4.69) is 4.98 Å². The number of hydrogen-bond donors (Lipinski definition) is 2. The summed E-state index contributed by atoms with van der Waals surface area (Å²) in [5.74, 6) is -0.162. The maximum absolute atomic E-state index is 11.9. The van der Waals surface area contributed by atoms with E-state index in [1.807, 2.05) is 0 Å². The molecule has 0 bridgehead atoms. The quantitative estimate of drug-likeness (QED) is 0.550. The van der Waals surface area contributed by atoms with E-state index < -0.39 is 15.7 Å². The van der Waals surface area contributed by atoms with Crippen molar-refractivity contribution >= 4 is 44.4 Å². The lowest BCUT2D eigenvalue weighted by Gasteiger charge is -2.01. The van der Waals surface area contributed by atoms with E-state index in [1.54, 1.807) is 17.5 Å². The van der Waals surface area contributed by atoms with Crippen molar-refractivity contribution in [2.24, 2.45) is 0 Å². The first-order valence-corrected chi connectivity index (χ1v) is 8.53. The van der Waals surface area contributed by atoms with Gasteiger partial charge in [-0.1, -0.05) is 6.07 Å². The summed E-state index contributed by atoms with van der Waals surface area (Å²) >= 11 is 1.27. The van der Waals surface area contributed by atoms with Gasteiger partial charge in [-0.3, -0.25) is 4.55 Å². The zero-order valence-electron chi connectivity index (χ0n) is 11.3. The van der Waals surface area contributed by atoms with Crippen LogP contribution in [0.25, 0.3) is 22.9 Å². The molecule has 7 nitrogen and oxygen atoms in total. The summed E-state index contributed by atoms with van der Waals surface area (Å²) in [6, 6.07) is 6.79. The lowest BCUT2D eigenvalue weighted by atomic mass is 10.3. The first-order chi connectivity index (χ1) is 10.8. The molecule has 0 fully saturated rings. The van der Waals surface area contributed by atoms with Crippen LogP contribution in [0, 0.1) is 0 Å². The lowest BCUT2D eigenvalue weighted by molar-refractivity contribution is 0.483. The van der Waals surface area contributed by atoms with Gasteiger partial charge in [-0.05, 0) is 29.6 Å². The number of aromatic nitrogens is 1. The van der Waals surface area contributed by atoms with Crippen molar-refractivity contribution in [1.29, 1.82) is 0 Å². The lowest BCUT2D eigenvalue weighted by Crippen LogP contribution is -2.07. The van der Waals surface area contributed by atoms with Crippen LogP contribution in [0.4, 0.5) is 0 Å². The number of hydrogen-bond acceptors (Lipinski definition) is 7. The van der Waals surface area contributed by atoms with Gasteiger partial charge in [0.25, 0.3) is 10.1 Å². The van der Waals surface area contributed by atoms with Crippen LogP contribution in [0.5, 0.6) is 0 Å². The molecular formula is C14H9NO6S2. The minimum atomic E-state index is -4.40. The number of fused-ring (bicyclic) bond motifs is 1. The Morgan fingerprint density at radius 2 is 2.09 bits per heavy atom. The Bertz CT molecular complexity index is 1060. The van der Waals surface area contributed by atoms with Crippen molar-refractivity contribution < 1.29 is 22.5 Å². The standard InChI is InChI=1S/C14H9NO6S2/c16-11(13-2-1-5-22-13)7-10-14(17)21-12-4-3-8(23(18,19)20)6-9(12)15-10/h1-7,16H,(H,18,19,20)/b11-7-. The predicted molar refractivity (Wildman–Crippen MR) is 84.9 cm³/mol. The highest BCUT2D eigenvalue weighted by Crippen LogP contribution is 2.20. The van der Waals surface area contributed by atoms with Gasteiger partial charge in [-0.15, -0.1) is 11.3 Å². The second kappa shape index (κ2) is 5.61. The molecule has 0 amide bonds. The third-order valence-electron chi connectivity index (χ3n) is 2.93. The molecule has 0 radical (unpaired) electrons. The highest BCUT2D eigenvalue weighted by molar-refractivity contribution is 7.85. The molecule has 0 aliphatic carbocycles. The van der Waals surface area contributed by atoms with Crippen LogP contribution in [-0.2, 0) is 10.1 Å². The van der Waals surface area contributed by atoms with Crippen LogP contribution in [-0.4, -0.2) is 23.1 Å². The Hall–Kier alpha value is -2.49. The first kappa shape index (κ1) is 15.4. The van der Waals surface area contributed by atoms with Crippen LogP contribution in [0.2, 0.25) is 0 Å². The molecule has 0 unspecified atom stereocenters. The van der Waals surface area contributed by atoms with E-state index in [1.165, 1.54) is 17.4 Å². The molecule has 0 spiro atoms. The summed E-state index contributed by atoms with van der Waals surface area (Å²) in [7, 11) is -4.40. The van der Waals surface area contributed by atoms with Crippen molar-refractivity contribution in [1.82, 2.24) is 4.98 Å². The number of nitrogens with zero attached hydrogens (tertiary/aromatic N) is 1. The predicted octanol–water partition coefficient (Wildman–Crippen LogP) is 2.55. The van der Waals surface area contributed by atoms with Gasteiger partial charge in [0.15, 0.2) is 11.3 Å². The SMILES string of the molecule is O=c1oc2ccc(S(=O)(=O)O)cc2nc1/C=C(\O)c1cccs1. The molecule has 0 saturated heterocycles. The summed E-state index contributed by atoms with van der Waals surface area (Å²) in [6.45, 7) is 0. The van der Waals surface area contributed by atoms with Gasteiger partial charge in [-0.2, -0.15) is 8.42 Å². The molecule has 23 heavy (non-hydrogen) atoms. The minimum absolute atomic E-state index is 0.0601. The minimum Gasteiger partial charge on any atom is -0.506 e. The van der Waals surface area contributed by atoms with Crippen molar-refractivity contribution in [3.8, 4) is 0 Å². The Morgan fingerprint density at radius 1 is 1.30 bits per heavy atom. The van der Waals surface area contributed by atoms with Crippen LogP contribution in [0.1, 0.15) is 10.6 Å². The Labute approximate surface area is 133 Å². The van der Waals surface area contributed by atoms with Gasteiger partial charge in [0.2, 0.25) is 0 Å². The molecular weight excluding hydrogens is 342 g/mol. The van der Waals surface area contributed by atoms with E-state index in [-0.39, 0.29) is 27.4 Å². The van der Waals surface area contributed by atoms with Gasteiger partial charge in [0.05, 0.1) is 9.77 Å². The average molecular weight is 351 g/mol. The molecule has 2 N–H and O–H groups in total. The van der Waals surface area contributed by atoms with Crippen molar-refractivity contribution in [2.75, 3.05) is 0 Å². The second-order valence-corrected chi connectivity index (χ2v) is 6.87. The summed E-state index contributed by atoms with van der Waals surface area (Å²) < 4.78 is 36.4. The normalized spacial score (nSPS) is 12.7. The molecule has 0 aliphatic rings. The highest BCUT2D eigenvalue weighted by atomic mass is 32.2. The van der Waals surface area contributed by atoms with Gasteiger partial charge >= 0.3 is 5.63 Å². The second-order valence-electron chi connectivity index (χ2n) is 4.50. The molecule has 3 rings (SSSR count). The Kier molecular flexibility index (Phi) is 3.76. The fourth-order valence-corrected chi connectivity index (χ4v) is 3.02. The largest absolute Gasteiger partial charge is 0.506 e. The van der Waals surface area contributed by atoms with E-state index in [9.17, 15) is 18.3 Å². The summed E-state index contributed by atoms with van der Waals surface area (Å²) in [5.41, 5.74) is -0.837. The van der Waals surface area contributed by atoms with Crippen LogP contribution in [0.3, 0.4) is 0 Å². The summed E-state index contributed by atoms with van der Waals surface area (Å²) in [4.78, 5) is 16.0. The maximum Gasteiger partial charge on any atom is 0.362 e. The van der Waals surface area contributed by atoms with Crippen molar-refractivity contribution in [3.05, 3.63) is 56.7 Å². The van der Waals surface area contributed by atoms with Crippen molar-refractivity contribution in [3.63, 3.8) is 0 Å². The number of aliphatic hydroxyl groups excluding tert-OH is 1. The fourth-order valence-electron chi connectivity index (χ4n) is 1.88. The van der Waals surface area contributed by atoms with E-state index in [4.69, 9.17) is 8.97 Å². The molecule has 2 heterocycles. The van der Waals surface area contributed by atoms with Gasteiger partial charge in [0.1, 0.15) is 11.3 Å². The first-order valence-electron chi connectivity index (χ1n) is 6.21. The third kappa shape index (κ3) is 3.16. The van der Waals surface area contributed by atoms with Crippen LogP contribution < -0.4 is 5.63 Å². The van der Waals surface area contributed by atoms with E-state index in [0.29, 0.717) is 4.88 Å². The molecule has 9 heteroatoms. The third-order valence-corrected chi connectivity index (χ3v) is 4.67. The van der Waals surface area contributed by atoms with Gasteiger partial charge in [-0.25, -0.2) is 9.78 Å². The van der Waals surface area contributed by atoms with E-state index >= 15 is 0 Å². The Balaban J connectivity index is 2.16. The zero-order chi connectivity index (χ0) is 16.6. The number of thiophene rings is 1. The van der Waals surface area contributed by atoms with Crippen molar-refractivity contribution in [2.45, 2.75) is 4.90 Å². The average Bonchev–Trinajstić information content (AvgIpc) is 3.01.